The van der Waals surface area contributed by atoms with Crippen LogP contribution in [0.4, 0.5) is 11.5 Å². The van der Waals surface area contributed by atoms with E-state index in [0.29, 0.717) is 22.5 Å². The summed E-state index contributed by atoms with van der Waals surface area (Å²) in [7, 11) is 0. The van der Waals surface area contributed by atoms with Gasteiger partial charge in [-0.05, 0) is 0 Å². The first-order valence-electron chi connectivity index (χ1n) is 2.91. The van der Waals surface area contributed by atoms with Crippen molar-refractivity contribution < 1.29 is 0 Å². The average molecular weight is 167 g/mol. The Balaban J connectivity index is 2.96. The highest BCUT2D eigenvalue weighted by Gasteiger charge is 2.05. The molecule has 4 N–H and O–H groups in total. The fourth-order valence-corrected chi connectivity index (χ4v) is 1.38. The van der Waals surface area contributed by atoms with Crippen LogP contribution in [-0.2, 0) is 0 Å². The molecule has 0 bridgehead atoms. The van der Waals surface area contributed by atoms with E-state index in [2.05, 4.69) is 13.7 Å². The minimum Gasteiger partial charge on any atom is -0.396 e. The van der Waals surface area contributed by atoms with Crippen molar-refractivity contribution in [3.05, 3.63) is 6.20 Å². The van der Waals surface area contributed by atoms with Crippen LogP contribution < -0.4 is 11.5 Å². The molecule has 6 heteroatoms. The topological polar surface area (TPSA) is 90.7 Å². The Kier molecular flexibility index (Phi) is 1.16. The standard InChI is InChI=1S/C5H5N5S/c6-2-1-8-5(7)4-3(2)9-11-10-4/h1H,6H2,(H2,7,8). The maximum absolute atomic E-state index is 5.56. The second-order valence-corrected chi connectivity index (χ2v) is 2.59. The predicted octanol–water partition coefficient (Wildman–Crippen LogP) is 0.251. The number of fused-ring (bicyclic) bond motifs is 1. The van der Waals surface area contributed by atoms with Gasteiger partial charge in [-0.2, -0.15) is 8.75 Å². The van der Waals surface area contributed by atoms with Crippen molar-refractivity contribution in [3.63, 3.8) is 0 Å². The van der Waals surface area contributed by atoms with Crippen molar-refractivity contribution in [2.75, 3.05) is 11.5 Å². The maximum Gasteiger partial charge on any atom is 0.152 e. The predicted molar refractivity (Wildman–Crippen MR) is 44.0 cm³/mol. The van der Waals surface area contributed by atoms with Gasteiger partial charge in [-0.3, -0.25) is 0 Å². The van der Waals surface area contributed by atoms with Gasteiger partial charge >= 0.3 is 0 Å². The molecule has 0 fully saturated rings. The molecule has 0 saturated carbocycles. The average Bonchev–Trinajstić information content (AvgIpc) is 2.45. The molecule has 0 unspecified atom stereocenters. The van der Waals surface area contributed by atoms with Crippen LogP contribution in [0.25, 0.3) is 11.0 Å². The number of nitrogen functional groups attached to an aromatic ring is 2. The van der Waals surface area contributed by atoms with E-state index in [4.69, 9.17) is 11.5 Å². The fourth-order valence-electron chi connectivity index (χ4n) is 0.807. The summed E-state index contributed by atoms with van der Waals surface area (Å²) >= 11 is 1.08. The molecule has 0 aliphatic rings. The van der Waals surface area contributed by atoms with Crippen molar-refractivity contribution in [2.45, 2.75) is 0 Å². The van der Waals surface area contributed by atoms with Gasteiger partial charge in [0.2, 0.25) is 0 Å². The molecule has 2 aromatic heterocycles. The lowest BCUT2D eigenvalue weighted by atomic mass is 10.3. The zero-order valence-corrected chi connectivity index (χ0v) is 6.30. The number of nitrogens with zero attached hydrogens (tertiary/aromatic N) is 3. The van der Waals surface area contributed by atoms with E-state index >= 15 is 0 Å². The van der Waals surface area contributed by atoms with Crippen LogP contribution in [0.2, 0.25) is 0 Å². The van der Waals surface area contributed by atoms with E-state index < -0.39 is 0 Å². The molecule has 2 aromatic rings. The molecule has 0 atom stereocenters. The number of rotatable bonds is 0. The molecule has 11 heavy (non-hydrogen) atoms. The van der Waals surface area contributed by atoms with Crippen molar-refractivity contribution in [3.8, 4) is 0 Å². The Bertz CT molecular complexity index is 359. The summed E-state index contributed by atoms with van der Waals surface area (Å²) in [6.07, 6.45) is 1.49. The summed E-state index contributed by atoms with van der Waals surface area (Å²) in [5.74, 6) is 0.378. The van der Waals surface area contributed by atoms with Gasteiger partial charge in [0, 0.05) is 0 Å². The molecule has 0 aliphatic heterocycles. The lowest BCUT2D eigenvalue weighted by molar-refractivity contribution is 1.35. The Morgan fingerprint density at radius 1 is 1.18 bits per heavy atom. The van der Waals surface area contributed by atoms with E-state index in [1.807, 2.05) is 0 Å². The summed E-state index contributed by atoms with van der Waals surface area (Å²) in [6, 6.07) is 0. The second kappa shape index (κ2) is 2.03. The van der Waals surface area contributed by atoms with Crippen molar-refractivity contribution in [1.29, 1.82) is 0 Å². The van der Waals surface area contributed by atoms with Crippen LogP contribution in [-0.4, -0.2) is 13.7 Å². The summed E-state index contributed by atoms with van der Waals surface area (Å²) < 4.78 is 7.91. The van der Waals surface area contributed by atoms with Gasteiger partial charge in [-0.1, -0.05) is 0 Å². The summed E-state index contributed by atoms with van der Waals surface area (Å²) in [5.41, 5.74) is 12.8. The van der Waals surface area contributed by atoms with Gasteiger partial charge in [-0.15, -0.1) is 0 Å². The number of pyridine rings is 1. The Hall–Kier alpha value is -1.43. The third kappa shape index (κ3) is 0.795. The minimum atomic E-state index is 0.378. The fraction of sp³-hybridized carbons (Fsp3) is 0. The van der Waals surface area contributed by atoms with E-state index in [0.717, 1.165) is 11.7 Å². The van der Waals surface area contributed by atoms with Crippen LogP contribution >= 0.6 is 11.7 Å². The van der Waals surface area contributed by atoms with E-state index in [-0.39, 0.29) is 0 Å². The molecule has 0 aromatic carbocycles. The van der Waals surface area contributed by atoms with Crippen molar-refractivity contribution in [1.82, 2.24) is 13.7 Å². The lowest BCUT2D eigenvalue weighted by Gasteiger charge is -1.94. The van der Waals surface area contributed by atoms with Gasteiger partial charge in [-0.25, -0.2) is 4.98 Å². The molecule has 2 rings (SSSR count). The van der Waals surface area contributed by atoms with Crippen LogP contribution in [0.15, 0.2) is 6.20 Å². The number of aromatic nitrogens is 3. The third-order valence-electron chi connectivity index (χ3n) is 1.35. The normalized spacial score (nSPS) is 10.5. The lowest BCUT2D eigenvalue weighted by Crippen LogP contribution is -1.94. The van der Waals surface area contributed by atoms with Gasteiger partial charge in [0.15, 0.2) is 5.82 Å². The monoisotopic (exact) mass is 167 g/mol. The zero-order valence-electron chi connectivity index (χ0n) is 5.48. The van der Waals surface area contributed by atoms with E-state index in [1.54, 1.807) is 0 Å². The largest absolute Gasteiger partial charge is 0.396 e. The molecule has 0 aliphatic carbocycles. The van der Waals surface area contributed by atoms with E-state index in [9.17, 15) is 0 Å². The number of hydrogen-bond donors (Lipinski definition) is 2. The first kappa shape index (κ1) is 6.29. The summed E-state index contributed by atoms with van der Waals surface area (Å²) in [5, 5.41) is 0. The second-order valence-electron chi connectivity index (χ2n) is 2.06. The van der Waals surface area contributed by atoms with Gasteiger partial charge < -0.3 is 11.5 Å². The maximum atomic E-state index is 5.56. The Morgan fingerprint density at radius 2 is 1.91 bits per heavy atom. The van der Waals surface area contributed by atoms with Crippen molar-refractivity contribution in [2.24, 2.45) is 0 Å². The van der Waals surface area contributed by atoms with Gasteiger partial charge in [0.05, 0.1) is 23.6 Å². The molecular formula is C5H5N5S. The van der Waals surface area contributed by atoms with E-state index in [1.165, 1.54) is 6.20 Å². The molecule has 2 heterocycles. The number of nitrogens with two attached hydrogens (primary N) is 2. The first-order valence-corrected chi connectivity index (χ1v) is 3.64. The Labute approximate surface area is 66.4 Å². The van der Waals surface area contributed by atoms with Crippen LogP contribution in [0.3, 0.4) is 0 Å². The molecule has 56 valence electrons. The highest BCUT2D eigenvalue weighted by atomic mass is 32.1. The van der Waals surface area contributed by atoms with Gasteiger partial charge in [0.25, 0.3) is 0 Å². The summed E-state index contributed by atoms with van der Waals surface area (Å²) in [6.45, 7) is 0. The third-order valence-corrected chi connectivity index (χ3v) is 1.88. The van der Waals surface area contributed by atoms with Crippen LogP contribution in [0.1, 0.15) is 0 Å². The quantitative estimate of drug-likeness (QED) is 0.587. The van der Waals surface area contributed by atoms with Crippen molar-refractivity contribution >= 4 is 34.3 Å². The molecular weight excluding hydrogens is 162 g/mol. The molecule has 0 spiro atoms. The highest BCUT2D eigenvalue weighted by molar-refractivity contribution is 7.00. The Morgan fingerprint density at radius 3 is 2.64 bits per heavy atom. The molecule has 0 radical (unpaired) electrons. The van der Waals surface area contributed by atoms with Gasteiger partial charge in [0.1, 0.15) is 11.0 Å². The number of hydrogen-bond acceptors (Lipinski definition) is 6. The van der Waals surface area contributed by atoms with Crippen LogP contribution in [0, 0.1) is 0 Å². The minimum absolute atomic E-state index is 0.378. The smallest absolute Gasteiger partial charge is 0.152 e. The molecule has 0 saturated heterocycles. The molecule has 5 nitrogen and oxygen atoms in total. The first-order chi connectivity index (χ1) is 5.29. The highest BCUT2D eigenvalue weighted by Crippen LogP contribution is 2.21. The summed E-state index contributed by atoms with van der Waals surface area (Å²) in [4.78, 5) is 3.84. The molecule has 0 amide bonds. The SMILES string of the molecule is Nc1cnc(N)c2nsnc12. The van der Waals surface area contributed by atoms with Crippen LogP contribution in [0.5, 0.6) is 0 Å². The zero-order chi connectivity index (χ0) is 7.84. The number of anilines is 2.